The number of unbranched alkanes of at least 4 members (excludes halogenated alkanes) is 6. The molecule has 40 heavy (non-hydrogen) atoms. The summed E-state index contributed by atoms with van der Waals surface area (Å²) in [6.07, 6.45) is 9.35. The number of furan rings is 1. The number of amides is 1. The summed E-state index contributed by atoms with van der Waals surface area (Å²) in [5, 5.41) is 12.0. The van der Waals surface area contributed by atoms with E-state index in [0.717, 1.165) is 61.6 Å². The van der Waals surface area contributed by atoms with Gasteiger partial charge in [-0.05, 0) is 50.2 Å². The van der Waals surface area contributed by atoms with Gasteiger partial charge in [0.1, 0.15) is 11.6 Å². The number of pyridine rings is 1. The largest absolute Gasteiger partial charge is 0.481 e. The molecule has 0 bridgehead atoms. The van der Waals surface area contributed by atoms with Gasteiger partial charge in [-0.2, -0.15) is 4.98 Å². The zero-order valence-electron chi connectivity index (χ0n) is 23.5. The summed E-state index contributed by atoms with van der Waals surface area (Å²) in [5.41, 5.74) is 3.30. The molecule has 0 unspecified atom stereocenters. The third-order valence-corrected chi connectivity index (χ3v) is 8.52. The van der Waals surface area contributed by atoms with E-state index in [2.05, 4.69) is 5.32 Å². The smallest absolute Gasteiger partial charge is 0.303 e. The number of carbonyl (C=O) groups is 2. The van der Waals surface area contributed by atoms with Gasteiger partial charge in [-0.1, -0.05) is 61.9 Å². The lowest BCUT2D eigenvalue weighted by atomic mass is 10.0. The fourth-order valence-corrected chi connectivity index (χ4v) is 5.95. The maximum atomic E-state index is 13.0. The molecule has 4 rings (SSSR count). The zero-order valence-corrected chi connectivity index (χ0v) is 24.3. The second-order valence-corrected chi connectivity index (χ2v) is 12.6. The Hall–Kier alpha value is -3.40. The van der Waals surface area contributed by atoms with Gasteiger partial charge in [0.05, 0.1) is 17.2 Å². The number of anilines is 1. The second-order valence-electron chi connectivity index (χ2n) is 10.7. The fraction of sp³-hybridized carbons (Fsp3) is 0.500. The second kappa shape index (κ2) is 12.8. The number of aryl methyl sites for hydroxylation is 1. The number of carbonyl (C=O) groups excluding carboxylic acids is 1. The van der Waals surface area contributed by atoms with E-state index in [4.69, 9.17) is 14.5 Å². The molecule has 1 aromatic carbocycles. The predicted octanol–water partition coefficient (Wildman–Crippen LogP) is 6.01. The Bertz CT molecular complexity index is 1460. The van der Waals surface area contributed by atoms with Gasteiger partial charge < -0.3 is 14.8 Å². The van der Waals surface area contributed by atoms with Crippen LogP contribution in [-0.4, -0.2) is 50.2 Å². The molecule has 1 fully saturated rings. The highest BCUT2D eigenvalue weighted by molar-refractivity contribution is 7.92. The predicted molar refractivity (Wildman–Crippen MR) is 156 cm³/mol. The minimum absolute atomic E-state index is 0.192. The number of fused-ring (bicyclic) bond motifs is 1. The Kier molecular flexibility index (Phi) is 9.50. The Balaban J connectivity index is 1.60. The highest BCUT2D eigenvalue weighted by Crippen LogP contribution is 2.46. The van der Waals surface area contributed by atoms with Crippen molar-refractivity contribution in [2.45, 2.75) is 77.0 Å². The molecule has 1 amide bonds. The third-order valence-electron chi connectivity index (χ3n) is 7.36. The topological polar surface area (TPSA) is 130 Å². The van der Waals surface area contributed by atoms with Crippen LogP contribution in [0.1, 0.15) is 91.6 Å². The monoisotopic (exact) mass is 569 g/mol. The van der Waals surface area contributed by atoms with Gasteiger partial charge in [-0.3, -0.25) is 13.9 Å². The van der Waals surface area contributed by atoms with Crippen LogP contribution in [0.15, 0.2) is 34.7 Å². The van der Waals surface area contributed by atoms with Crippen molar-refractivity contribution >= 4 is 38.8 Å². The number of nitrogens with zero attached hydrogens (tertiary/aromatic N) is 2. The minimum atomic E-state index is -3.61. The summed E-state index contributed by atoms with van der Waals surface area (Å²) in [6, 6.07) is 9.60. The van der Waals surface area contributed by atoms with Gasteiger partial charge in [0.2, 0.25) is 15.7 Å². The van der Waals surface area contributed by atoms with Gasteiger partial charge in [0.25, 0.3) is 5.91 Å². The summed E-state index contributed by atoms with van der Waals surface area (Å²) in [7, 11) is -2.04. The molecule has 2 heterocycles. The maximum absolute atomic E-state index is 13.0. The van der Waals surface area contributed by atoms with Crippen LogP contribution in [0.5, 0.6) is 0 Å². The quantitative estimate of drug-likeness (QED) is 0.214. The van der Waals surface area contributed by atoms with Gasteiger partial charge >= 0.3 is 5.97 Å². The number of hydrogen-bond donors (Lipinski definition) is 2. The molecule has 1 aliphatic rings. The molecule has 3 aromatic rings. The van der Waals surface area contributed by atoms with Crippen LogP contribution in [0.2, 0.25) is 0 Å². The average Bonchev–Trinajstić information content (AvgIpc) is 3.68. The number of hydrogen-bond acceptors (Lipinski definition) is 6. The first-order valence-electron chi connectivity index (χ1n) is 14.1. The molecule has 0 spiro atoms. The molecule has 1 aliphatic carbocycles. The zero-order chi connectivity index (χ0) is 28.9. The summed E-state index contributed by atoms with van der Waals surface area (Å²) in [5.74, 6) is -0.0522. The standard InChI is InChI=1S/C30H39N3O6S/c1-20-12-14-22(15-13-20)27-26(29(36)31-2)24-19-23(21-16-17-21)28(32-30(24)39-27)33(40(3,37)38)18-10-8-6-4-5-7-9-11-25(34)35/h12-15,19,21H,4-11,16-18H2,1-3H3,(H,31,36)(H,34,35). The van der Waals surface area contributed by atoms with Crippen molar-refractivity contribution in [3.63, 3.8) is 0 Å². The van der Waals surface area contributed by atoms with Crippen molar-refractivity contribution < 1.29 is 27.5 Å². The van der Waals surface area contributed by atoms with E-state index in [1.807, 2.05) is 37.3 Å². The van der Waals surface area contributed by atoms with Crippen LogP contribution in [0.4, 0.5) is 5.82 Å². The SMILES string of the molecule is CNC(=O)c1c(-c2ccc(C)cc2)oc2nc(N(CCCCCCCCCC(=O)O)S(C)(=O)=O)c(C3CC3)cc12. The highest BCUT2D eigenvalue weighted by Gasteiger charge is 2.34. The molecule has 216 valence electrons. The fourth-order valence-electron chi connectivity index (χ4n) is 5.03. The first kappa shape index (κ1) is 29.6. The van der Waals surface area contributed by atoms with E-state index in [1.54, 1.807) is 7.05 Å². The summed E-state index contributed by atoms with van der Waals surface area (Å²) < 4.78 is 33.5. The Morgan fingerprint density at radius 3 is 2.25 bits per heavy atom. The summed E-state index contributed by atoms with van der Waals surface area (Å²) in [6.45, 7) is 2.30. The first-order chi connectivity index (χ1) is 19.1. The van der Waals surface area contributed by atoms with Crippen molar-refractivity contribution in [1.82, 2.24) is 10.3 Å². The molecule has 2 N–H and O–H groups in total. The molecular weight excluding hydrogens is 530 g/mol. The molecule has 9 nitrogen and oxygen atoms in total. The number of aliphatic carboxylic acids is 1. The van der Waals surface area contributed by atoms with E-state index in [9.17, 15) is 18.0 Å². The molecule has 0 radical (unpaired) electrons. The molecule has 2 aromatic heterocycles. The van der Waals surface area contributed by atoms with Crippen molar-refractivity contribution in [2.75, 3.05) is 24.2 Å². The lowest BCUT2D eigenvalue weighted by Gasteiger charge is -2.24. The molecule has 0 aliphatic heterocycles. The average molecular weight is 570 g/mol. The number of benzene rings is 1. The van der Waals surface area contributed by atoms with E-state index >= 15 is 0 Å². The van der Waals surface area contributed by atoms with Crippen LogP contribution >= 0.6 is 0 Å². The van der Waals surface area contributed by atoms with Gasteiger partial charge in [-0.15, -0.1) is 0 Å². The first-order valence-corrected chi connectivity index (χ1v) is 15.9. The molecular formula is C30H39N3O6S. The van der Waals surface area contributed by atoms with E-state index in [0.29, 0.717) is 41.9 Å². The number of carboxylic acid groups (broad SMARTS) is 1. The van der Waals surface area contributed by atoms with Crippen LogP contribution in [-0.2, 0) is 14.8 Å². The van der Waals surface area contributed by atoms with Crippen molar-refractivity contribution in [1.29, 1.82) is 0 Å². The van der Waals surface area contributed by atoms with Crippen LogP contribution in [0.3, 0.4) is 0 Å². The number of carboxylic acids is 1. The van der Waals surface area contributed by atoms with E-state index < -0.39 is 16.0 Å². The Morgan fingerprint density at radius 2 is 1.68 bits per heavy atom. The third kappa shape index (κ3) is 7.21. The Labute approximate surface area is 236 Å². The van der Waals surface area contributed by atoms with E-state index in [1.165, 1.54) is 10.6 Å². The normalized spacial score (nSPS) is 13.5. The van der Waals surface area contributed by atoms with Crippen molar-refractivity contribution in [3.8, 4) is 11.3 Å². The molecule has 1 saturated carbocycles. The van der Waals surface area contributed by atoms with Gasteiger partial charge in [0, 0.05) is 25.6 Å². The molecule has 0 saturated heterocycles. The van der Waals surface area contributed by atoms with Gasteiger partial charge in [-0.25, -0.2) is 8.42 Å². The summed E-state index contributed by atoms with van der Waals surface area (Å²) >= 11 is 0. The number of nitrogens with one attached hydrogen (secondary N) is 1. The maximum Gasteiger partial charge on any atom is 0.303 e. The molecule has 10 heteroatoms. The van der Waals surface area contributed by atoms with Crippen molar-refractivity contribution in [3.05, 3.63) is 47.0 Å². The lowest BCUT2D eigenvalue weighted by molar-refractivity contribution is -0.137. The Morgan fingerprint density at radius 1 is 1.05 bits per heavy atom. The number of sulfonamides is 1. The lowest BCUT2D eigenvalue weighted by Crippen LogP contribution is -2.32. The van der Waals surface area contributed by atoms with Crippen LogP contribution in [0.25, 0.3) is 22.4 Å². The number of rotatable bonds is 15. The van der Waals surface area contributed by atoms with Crippen LogP contribution < -0.4 is 9.62 Å². The van der Waals surface area contributed by atoms with E-state index in [-0.39, 0.29) is 24.0 Å². The minimum Gasteiger partial charge on any atom is -0.481 e. The number of aromatic nitrogens is 1. The van der Waals surface area contributed by atoms with Gasteiger partial charge in [0.15, 0.2) is 0 Å². The highest BCUT2D eigenvalue weighted by atomic mass is 32.2. The summed E-state index contributed by atoms with van der Waals surface area (Å²) in [4.78, 5) is 28.4. The molecule has 0 atom stereocenters. The van der Waals surface area contributed by atoms with Crippen LogP contribution in [0, 0.1) is 6.92 Å². The van der Waals surface area contributed by atoms with Crippen molar-refractivity contribution in [2.24, 2.45) is 0 Å².